The van der Waals surface area contributed by atoms with E-state index < -0.39 is 0 Å². The Morgan fingerprint density at radius 3 is 2.46 bits per heavy atom. The summed E-state index contributed by atoms with van der Waals surface area (Å²) in [5.74, 6) is 0.503. The second kappa shape index (κ2) is 5.34. The first-order valence-corrected chi connectivity index (χ1v) is 7.54. The summed E-state index contributed by atoms with van der Waals surface area (Å²) in [7, 11) is 0. The molecule has 0 aliphatic rings. The Balaban J connectivity index is 1.96. The van der Waals surface area contributed by atoms with Gasteiger partial charge in [0.25, 0.3) is 5.56 Å². The smallest absolute Gasteiger partial charge is 0.277 e. The predicted octanol–water partition coefficient (Wildman–Crippen LogP) is 2.67. The number of hydrogen-bond acceptors (Lipinski definition) is 4. The van der Waals surface area contributed by atoms with E-state index in [-0.39, 0.29) is 5.56 Å². The lowest BCUT2D eigenvalue weighted by molar-refractivity contribution is 0.884. The molecule has 24 heavy (non-hydrogen) atoms. The van der Waals surface area contributed by atoms with Crippen molar-refractivity contribution in [3.05, 3.63) is 70.6 Å². The third-order valence-electron chi connectivity index (χ3n) is 3.88. The molecule has 0 amide bonds. The van der Waals surface area contributed by atoms with Crippen LogP contribution in [0.3, 0.4) is 0 Å². The number of nitrogens with two attached hydrogens (primary N) is 1. The predicted molar refractivity (Wildman–Crippen MR) is 94.1 cm³/mol. The minimum Gasteiger partial charge on any atom is -0.399 e. The van der Waals surface area contributed by atoms with Gasteiger partial charge < -0.3 is 10.7 Å². The van der Waals surface area contributed by atoms with Crippen molar-refractivity contribution in [2.45, 2.75) is 6.92 Å². The van der Waals surface area contributed by atoms with E-state index in [1.54, 1.807) is 16.8 Å². The zero-order chi connectivity index (χ0) is 16.7. The average Bonchev–Trinajstić information content (AvgIpc) is 2.94. The van der Waals surface area contributed by atoms with E-state index in [1.165, 1.54) is 0 Å². The summed E-state index contributed by atoms with van der Waals surface area (Å²) < 4.78 is 1.63. The maximum atomic E-state index is 12.7. The number of aromatic amines is 1. The number of nitrogens with one attached hydrogen (secondary N) is 1. The molecule has 0 saturated heterocycles. The molecule has 0 atom stereocenters. The minimum atomic E-state index is -0.226. The third kappa shape index (κ3) is 2.25. The molecule has 6 heteroatoms. The fourth-order valence-corrected chi connectivity index (χ4v) is 2.70. The summed E-state index contributed by atoms with van der Waals surface area (Å²) in [5, 5.41) is 4.48. The van der Waals surface area contributed by atoms with Crippen molar-refractivity contribution in [3.8, 4) is 17.1 Å². The number of para-hydroxylation sites is 1. The molecule has 0 aliphatic heterocycles. The number of anilines is 1. The zero-order valence-electron chi connectivity index (χ0n) is 13.0. The Bertz CT molecular complexity index is 1080. The Morgan fingerprint density at radius 1 is 1.04 bits per heavy atom. The lowest BCUT2D eigenvalue weighted by atomic mass is 10.2. The quantitative estimate of drug-likeness (QED) is 0.556. The number of aryl methyl sites for hydroxylation is 1. The Kier molecular flexibility index (Phi) is 3.16. The molecule has 0 radical (unpaired) electrons. The van der Waals surface area contributed by atoms with Crippen molar-refractivity contribution in [2.24, 2.45) is 0 Å². The number of fused-ring (bicyclic) bond motifs is 1. The van der Waals surface area contributed by atoms with Crippen LogP contribution in [0.2, 0.25) is 0 Å². The van der Waals surface area contributed by atoms with Crippen molar-refractivity contribution in [1.82, 2.24) is 19.7 Å². The van der Waals surface area contributed by atoms with Crippen LogP contribution < -0.4 is 11.3 Å². The summed E-state index contributed by atoms with van der Waals surface area (Å²) in [6.07, 6.45) is 0. The highest BCUT2D eigenvalue weighted by Crippen LogP contribution is 2.21. The number of H-pyrrole nitrogens is 1. The van der Waals surface area contributed by atoms with Crippen molar-refractivity contribution in [3.63, 3.8) is 0 Å². The summed E-state index contributed by atoms with van der Waals surface area (Å²) in [4.78, 5) is 20.1. The molecule has 6 nitrogen and oxygen atoms in total. The molecule has 0 unspecified atom stereocenters. The van der Waals surface area contributed by atoms with Gasteiger partial charge in [0.2, 0.25) is 0 Å². The number of nitrogens with zero attached hydrogens (tertiary/aromatic N) is 3. The van der Waals surface area contributed by atoms with Crippen molar-refractivity contribution in [1.29, 1.82) is 0 Å². The molecule has 0 bridgehead atoms. The fraction of sp³-hybridized carbons (Fsp3) is 0.0556. The first-order chi connectivity index (χ1) is 11.6. The SMILES string of the molecule is Cc1nn(-c2ccccc2)c2c(=O)[nH]c(-c3ccc(N)cc3)nc12. The van der Waals surface area contributed by atoms with Crippen LogP contribution in [-0.4, -0.2) is 19.7 Å². The Morgan fingerprint density at radius 2 is 1.75 bits per heavy atom. The molecule has 0 aliphatic carbocycles. The van der Waals surface area contributed by atoms with Crippen LogP contribution >= 0.6 is 0 Å². The molecule has 0 saturated carbocycles. The van der Waals surface area contributed by atoms with E-state index in [0.29, 0.717) is 28.2 Å². The van der Waals surface area contributed by atoms with Crippen molar-refractivity contribution in [2.75, 3.05) is 5.73 Å². The number of nitrogen functional groups attached to an aromatic ring is 1. The summed E-state index contributed by atoms with van der Waals surface area (Å²) >= 11 is 0. The van der Waals surface area contributed by atoms with Crippen LogP contribution in [0.15, 0.2) is 59.4 Å². The van der Waals surface area contributed by atoms with E-state index >= 15 is 0 Å². The maximum Gasteiger partial charge on any atom is 0.277 e. The number of aromatic nitrogens is 4. The molecule has 4 rings (SSSR count). The largest absolute Gasteiger partial charge is 0.399 e. The van der Waals surface area contributed by atoms with Crippen LogP contribution in [0.4, 0.5) is 5.69 Å². The van der Waals surface area contributed by atoms with Gasteiger partial charge >= 0.3 is 0 Å². The van der Waals surface area contributed by atoms with Crippen LogP contribution in [0.5, 0.6) is 0 Å². The van der Waals surface area contributed by atoms with Gasteiger partial charge in [0.15, 0.2) is 5.52 Å². The molecule has 0 spiro atoms. The molecular weight excluding hydrogens is 302 g/mol. The Labute approximate surface area is 137 Å². The second-order valence-corrected chi connectivity index (χ2v) is 5.57. The van der Waals surface area contributed by atoms with Gasteiger partial charge in [-0.3, -0.25) is 4.79 Å². The van der Waals surface area contributed by atoms with Crippen molar-refractivity contribution >= 4 is 16.7 Å². The van der Waals surface area contributed by atoms with Gasteiger partial charge in [0.05, 0.1) is 11.4 Å². The van der Waals surface area contributed by atoms with Gasteiger partial charge in [-0.15, -0.1) is 0 Å². The van der Waals surface area contributed by atoms with E-state index in [9.17, 15) is 4.79 Å². The molecule has 0 fully saturated rings. The number of rotatable bonds is 2. The average molecular weight is 317 g/mol. The highest BCUT2D eigenvalue weighted by molar-refractivity contribution is 5.80. The van der Waals surface area contributed by atoms with Gasteiger partial charge in [0, 0.05) is 11.3 Å². The van der Waals surface area contributed by atoms with Gasteiger partial charge in [0.1, 0.15) is 11.3 Å². The summed E-state index contributed by atoms with van der Waals surface area (Å²) in [5.41, 5.74) is 9.51. The van der Waals surface area contributed by atoms with Gasteiger partial charge in [-0.05, 0) is 43.3 Å². The van der Waals surface area contributed by atoms with Gasteiger partial charge in [-0.1, -0.05) is 18.2 Å². The minimum absolute atomic E-state index is 0.226. The highest BCUT2D eigenvalue weighted by atomic mass is 16.1. The van der Waals surface area contributed by atoms with Crippen LogP contribution in [0.25, 0.3) is 28.1 Å². The molecule has 2 aromatic heterocycles. The molecule has 118 valence electrons. The van der Waals surface area contributed by atoms with E-state index in [1.807, 2.05) is 49.4 Å². The van der Waals surface area contributed by atoms with Gasteiger partial charge in [-0.25, -0.2) is 9.67 Å². The monoisotopic (exact) mass is 317 g/mol. The maximum absolute atomic E-state index is 12.7. The second-order valence-electron chi connectivity index (χ2n) is 5.57. The molecule has 4 aromatic rings. The van der Waals surface area contributed by atoms with Gasteiger partial charge in [-0.2, -0.15) is 5.10 Å². The van der Waals surface area contributed by atoms with E-state index in [2.05, 4.69) is 15.1 Å². The standard InChI is InChI=1S/C18H15N5O/c1-11-15-16(23(22-11)14-5-3-2-4-6-14)18(24)21-17(20-15)12-7-9-13(19)10-8-12/h2-10H,19H2,1H3,(H,20,21,24). The fourth-order valence-electron chi connectivity index (χ4n) is 2.70. The molecule has 2 heterocycles. The van der Waals surface area contributed by atoms with Crippen LogP contribution in [-0.2, 0) is 0 Å². The van der Waals surface area contributed by atoms with Crippen LogP contribution in [0, 0.1) is 6.92 Å². The molecule has 2 aromatic carbocycles. The zero-order valence-corrected chi connectivity index (χ0v) is 13.0. The highest BCUT2D eigenvalue weighted by Gasteiger charge is 2.15. The topological polar surface area (TPSA) is 89.6 Å². The Hall–Kier alpha value is -3.41. The van der Waals surface area contributed by atoms with Crippen LogP contribution in [0.1, 0.15) is 5.69 Å². The summed E-state index contributed by atoms with van der Waals surface area (Å²) in [6.45, 7) is 1.85. The number of benzene rings is 2. The summed E-state index contributed by atoms with van der Waals surface area (Å²) in [6, 6.07) is 16.7. The number of hydrogen-bond donors (Lipinski definition) is 2. The van der Waals surface area contributed by atoms with E-state index in [4.69, 9.17) is 5.73 Å². The lowest BCUT2D eigenvalue weighted by Crippen LogP contribution is -2.13. The normalized spacial score (nSPS) is 11.0. The molecule has 3 N–H and O–H groups in total. The van der Waals surface area contributed by atoms with Crippen molar-refractivity contribution < 1.29 is 0 Å². The molecular formula is C18H15N5O. The first kappa shape index (κ1) is 14.2. The third-order valence-corrected chi connectivity index (χ3v) is 3.88. The lowest BCUT2D eigenvalue weighted by Gasteiger charge is -2.04. The first-order valence-electron chi connectivity index (χ1n) is 7.54. The van der Waals surface area contributed by atoms with E-state index in [0.717, 1.165) is 11.3 Å².